The molecule has 0 aliphatic heterocycles. The zero-order valence-corrected chi connectivity index (χ0v) is 22.3. The summed E-state index contributed by atoms with van der Waals surface area (Å²) in [5.41, 5.74) is 8.58. The van der Waals surface area contributed by atoms with Crippen molar-refractivity contribution < 1.29 is 4.74 Å². The van der Waals surface area contributed by atoms with Gasteiger partial charge in [-0.15, -0.1) is 11.3 Å². The van der Waals surface area contributed by atoms with Gasteiger partial charge in [0.2, 0.25) is 0 Å². The number of imidazole rings is 1. The molecule has 7 rings (SSSR count). The van der Waals surface area contributed by atoms with Gasteiger partial charge in [-0.25, -0.2) is 15.0 Å². The lowest BCUT2D eigenvalue weighted by atomic mass is 10.1. The Morgan fingerprint density at radius 1 is 0.923 bits per heavy atom. The number of rotatable bonds is 6. The van der Waals surface area contributed by atoms with Crippen molar-refractivity contribution in [3.05, 3.63) is 101 Å². The standard InChI is InChI=1S/C30H21ClN6OS/c1-17-13-19(15-20(14-17)38-16-18-5-3-2-4-6-18)22-7-8-23-27(33-22)28(37-36-23)30-34-26-21(11-12-32-29(26)35-30)24-9-10-25(31)39-24/h2-15H,16H2,1H3,(H,36,37)(H,32,34,35). The molecular weight excluding hydrogens is 528 g/mol. The third-order valence-corrected chi connectivity index (χ3v) is 7.71. The van der Waals surface area contributed by atoms with E-state index in [0.717, 1.165) is 59.5 Å². The summed E-state index contributed by atoms with van der Waals surface area (Å²) in [5.74, 6) is 1.40. The highest BCUT2D eigenvalue weighted by molar-refractivity contribution is 7.19. The quantitative estimate of drug-likeness (QED) is 0.221. The fourth-order valence-corrected chi connectivity index (χ4v) is 5.69. The van der Waals surface area contributed by atoms with E-state index in [1.807, 2.05) is 60.7 Å². The van der Waals surface area contributed by atoms with Crippen molar-refractivity contribution >= 4 is 45.1 Å². The SMILES string of the molecule is Cc1cc(OCc2ccccc2)cc(-c2ccc3[nH]nc(-c4nc5c(-c6ccc(Cl)s6)ccnc5[nH]4)c3n2)c1. The van der Waals surface area contributed by atoms with Crippen LogP contribution in [0.2, 0.25) is 4.34 Å². The number of H-pyrrole nitrogens is 2. The Hall–Kier alpha value is -4.53. The monoisotopic (exact) mass is 548 g/mol. The maximum atomic E-state index is 6.19. The number of aromatic amines is 2. The van der Waals surface area contributed by atoms with Gasteiger partial charge in [-0.1, -0.05) is 41.9 Å². The molecule has 7 nitrogen and oxygen atoms in total. The van der Waals surface area contributed by atoms with Crippen LogP contribution in [-0.2, 0) is 6.61 Å². The van der Waals surface area contributed by atoms with Crippen LogP contribution in [0, 0.1) is 6.92 Å². The summed E-state index contributed by atoms with van der Waals surface area (Å²) >= 11 is 7.70. The van der Waals surface area contributed by atoms with E-state index in [1.54, 1.807) is 6.20 Å². The number of nitrogens with zero attached hydrogens (tertiary/aromatic N) is 4. The Balaban J connectivity index is 1.26. The molecule has 0 aliphatic carbocycles. The molecule has 0 fully saturated rings. The average molecular weight is 549 g/mol. The van der Waals surface area contributed by atoms with Gasteiger partial charge < -0.3 is 9.72 Å². The number of pyridine rings is 2. The molecule has 0 unspecified atom stereocenters. The van der Waals surface area contributed by atoms with Crippen LogP contribution in [0.15, 0.2) is 85.1 Å². The number of thiophene rings is 1. The van der Waals surface area contributed by atoms with Crippen molar-refractivity contribution in [2.45, 2.75) is 13.5 Å². The van der Waals surface area contributed by atoms with Crippen molar-refractivity contribution in [2.24, 2.45) is 0 Å². The molecule has 0 atom stereocenters. The molecule has 0 amide bonds. The molecule has 0 saturated heterocycles. The largest absolute Gasteiger partial charge is 0.489 e. The number of hydrogen-bond acceptors (Lipinski definition) is 6. The van der Waals surface area contributed by atoms with Gasteiger partial charge in [0, 0.05) is 22.2 Å². The molecule has 0 radical (unpaired) electrons. The molecule has 190 valence electrons. The lowest BCUT2D eigenvalue weighted by Crippen LogP contribution is -1.96. The lowest BCUT2D eigenvalue weighted by molar-refractivity contribution is 0.306. The van der Waals surface area contributed by atoms with E-state index in [-0.39, 0.29) is 0 Å². The zero-order chi connectivity index (χ0) is 26.3. The number of halogens is 1. The van der Waals surface area contributed by atoms with E-state index in [0.29, 0.717) is 23.8 Å². The van der Waals surface area contributed by atoms with Gasteiger partial charge in [0.15, 0.2) is 17.2 Å². The predicted molar refractivity (Wildman–Crippen MR) is 156 cm³/mol. The normalized spacial score (nSPS) is 11.4. The van der Waals surface area contributed by atoms with Gasteiger partial charge in [-0.3, -0.25) is 5.10 Å². The summed E-state index contributed by atoms with van der Waals surface area (Å²) in [6, 6.07) is 26.1. The number of benzene rings is 2. The van der Waals surface area contributed by atoms with Crippen molar-refractivity contribution in [3.8, 4) is 39.0 Å². The van der Waals surface area contributed by atoms with Gasteiger partial charge in [-0.05, 0) is 66.6 Å². The molecule has 7 aromatic rings. The Kier molecular flexibility index (Phi) is 5.83. The molecular formula is C30H21ClN6OS. The number of aryl methyl sites for hydroxylation is 1. The molecule has 0 bridgehead atoms. The third-order valence-electron chi connectivity index (χ3n) is 6.45. The maximum Gasteiger partial charge on any atom is 0.162 e. The van der Waals surface area contributed by atoms with Crippen molar-refractivity contribution in [2.75, 3.05) is 0 Å². The summed E-state index contributed by atoms with van der Waals surface area (Å²) < 4.78 is 6.84. The van der Waals surface area contributed by atoms with Crippen LogP contribution in [0.4, 0.5) is 0 Å². The summed E-state index contributed by atoms with van der Waals surface area (Å²) in [4.78, 5) is 18.7. The predicted octanol–water partition coefficient (Wildman–Crippen LogP) is 7.83. The van der Waals surface area contributed by atoms with E-state index in [4.69, 9.17) is 26.3 Å². The molecule has 2 aromatic carbocycles. The molecule has 5 aromatic heterocycles. The molecule has 0 aliphatic rings. The lowest BCUT2D eigenvalue weighted by Gasteiger charge is -2.10. The minimum absolute atomic E-state index is 0.502. The third kappa shape index (κ3) is 4.54. The summed E-state index contributed by atoms with van der Waals surface area (Å²) in [7, 11) is 0. The minimum Gasteiger partial charge on any atom is -0.489 e. The summed E-state index contributed by atoms with van der Waals surface area (Å²) in [6.45, 7) is 2.56. The van der Waals surface area contributed by atoms with Crippen molar-refractivity contribution in [1.82, 2.24) is 30.1 Å². The van der Waals surface area contributed by atoms with Gasteiger partial charge >= 0.3 is 0 Å². The fraction of sp³-hybridized carbons (Fsp3) is 0.0667. The Morgan fingerprint density at radius 3 is 2.67 bits per heavy atom. The van der Waals surface area contributed by atoms with Crippen LogP contribution in [0.1, 0.15) is 11.1 Å². The highest BCUT2D eigenvalue weighted by atomic mass is 35.5. The second-order valence-corrected chi connectivity index (χ2v) is 10.9. The van der Waals surface area contributed by atoms with E-state index in [9.17, 15) is 0 Å². The summed E-state index contributed by atoms with van der Waals surface area (Å²) in [6.07, 6.45) is 1.77. The van der Waals surface area contributed by atoms with Crippen LogP contribution in [-0.4, -0.2) is 30.1 Å². The fourth-order valence-electron chi connectivity index (χ4n) is 4.63. The van der Waals surface area contributed by atoms with Crippen LogP contribution in [0.5, 0.6) is 5.75 Å². The Labute approximate surface area is 232 Å². The zero-order valence-electron chi connectivity index (χ0n) is 20.8. The van der Waals surface area contributed by atoms with Gasteiger partial charge in [0.1, 0.15) is 23.4 Å². The van der Waals surface area contributed by atoms with Crippen LogP contribution < -0.4 is 4.74 Å². The van der Waals surface area contributed by atoms with Crippen LogP contribution in [0.25, 0.3) is 55.4 Å². The number of aromatic nitrogens is 6. The van der Waals surface area contributed by atoms with E-state index >= 15 is 0 Å². The molecule has 9 heteroatoms. The first-order valence-electron chi connectivity index (χ1n) is 12.4. The molecule has 39 heavy (non-hydrogen) atoms. The van der Waals surface area contributed by atoms with E-state index < -0.39 is 0 Å². The van der Waals surface area contributed by atoms with Gasteiger partial charge in [0.25, 0.3) is 0 Å². The smallest absolute Gasteiger partial charge is 0.162 e. The maximum absolute atomic E-state index is 6.19. The summed E-state index contributed by atoms with van der Waals surface area (Å²) in [5, 5.41) is 7.64. The Morgan fingerprint density at radius 2 is 1.82 bits per heavy atom. The van der Waals surface area contributed by atoms with Crippen LogP contribution in [0.3, 0.4) is 0 Å². The van der Waals surface area contributed by atoms with E-state index in [2.05, 4.69) is 45.3 Å². The Bertz CT molecular complexity index is 1960. The molecule has 2 N–H and O–H groups in total. The first-order chi connectivity index (χ1) is 19.1. The van der Waals surface area contributed by atoms with Gasteiger partial charge in [-0.2, -0.15) is 5.10 Å². The second kappa shape index (κ2) is 9.65. The number of ether oxygens (including phenoxy) is 1. The topological polar surface area (TPSA) is 92.4 Å². The highest BCUT2D eigenvalue weighted by Gasteiger charge is 2.18. The van der Waals surface area contributed by atoms with E-state index in [1.165, 1.54) is 11.3 Å². The van der Waals surface area contributed by atoms with Crippen molar-refractivity contribution in [1.29, 1.82) is 0 Å². The number of fused-ring (bicyclic) bond motifs is 2. The van der Waals surface area contributed by atoms with Gasteiger partial charge in [0.05, 0.1) is 15.5 Å². The minimum atomic E-state index is 0.502. The molecule has 0 spiro atoms. The molecule has 0 saturated carbocycles. The average Bonchev–Trinajstić information content (AvgIpc) is 3.69. The second-order valence-electron chi connectivity index (χ2n) is 9.22. The molecule has 5 heterocycles. The van der Waals surface area contributed by atoms with Crippen LogP contribution >= 0.6 is 22.9 Å². The first kappa shape index (κ1) is 23.6. The highest BCUT2D eigenvalue weighted by Crippen LogP contribution is 2.36. The first-order valence-corrected chi connectivity index (χ1v) is 13.5. The van der Waals surface area contributed by atoms with Crippen molar-refractivity contribution in [3.63, 3.8) is 0 Å². The number of nitrogens with one attached hydrogen (secondary N) is 2. The number of hydrogen-bond donors (Lipinski definition) is 2.